The summed E-state index contributed by atoms with van der Waals surface area (Å²) in [6, 6.07) is 4.75. The van der Waals surface area contributed by atoms with E-state index in [9.17, 15) is 9.90 Å². The second kappa shape index (κ2) is 5.73. The van der Waals surface area contributed by atoms with Crippen LogP contribution in [0.1, 0.15) is 16.8 Å². The van der Waals surface area contributed by atoms with Gasteiger partial charge in [0, 0.05) is 25.7 Å². The summed E-state index contributed by atoms with van der Waals surface area (Å²) in [5, 5.41) is 13.1. The largest absolute Gasteiger partial charge is 0.507 e. The quantitative estimate of drug-likeness (QED) is 0.816. The number of amides is 1. The molecule has 0 radical (unpaired) electrons. The molecule has 1 fully saturated rings. The number of carbonyl (C=O) groups is 1. The molecule has 5 heteroatoms. The van der Waals surface area contributed by atoms with E-state index >= 15 is 0 Å². The summed E-state index contributed by atoms with van der Waals surface area (Å²) in [5.74, 6) is 0.386. The fourth-order valence-corrected chi connectivity index (χ4v) is 2.04. The van der Waals surface area contributed by atoms with Gasteiger partial charge in [-0.3, -0.25) is 4.79 Å². The number of aromatic hydroxyl groups is 1. The second-order valence-corrected chi connectivity index (χ2v) is 4.28. The van der Waals surface area contributed by atoms with Crippen LogP contribution in [0.15, 0.2) is 18.2 Å². The third-order valence-corrected chi connectivity index (χ3v) is 3.06. The number of nitrogens with one attached hydrogen (secondary N) is 1. The second-order valence-electron chi connectivity index (χ2n) is 4.28. The Balaban J connectivity index is 2.16. The summed E-state index contributed by atoms with van der Waals surface area (Å²) in [5.41, 5.74) is 0.331. The molecule has 1 aromatic carbocycles. The minimum Gasteiger partial charge on any atom is -0.507 e. The van der Waals surface area contributed by atoms with Crippen molar-refractivity contribution >= 4 is 5.91 Å². The minimum atomic E-state index is -0.126. The van der Waals surface area contributed by atoms with E-state index in [0.29, 0.717) is 17.9 Å². The molecule has 1 aromatic rings. The van der Waals surface area contributed by atoms with E-state index < -0.39 is 0 Å². The number of hydrogen-bond acceptors (Lipinski definition) is 4. The Labute approximate surface area is 106 Å². The lowest BCUT2D eigenvalue weighted by Crippen LogP contribution is -2.34. The third kappa shape index (κ3) is 2.73. The molecule has 98 valence electrons. The van der Waals surface area contributed by atoms with Gasteiger partial charge in [0.05, 0.1) is 12.7 Å². The van der Waals surface area contributed by atoms with Crippen LogP contribution in [0.3, 0.4) is 0 Å². The molecule has 0 bridgehead atoms. The Morgan fingerprint density at radius 2 is 2.22 bits per heavy atom. The predicted octanol–water partition coefficient (Wildman–Crippen LogP) is 0.836. The number of methoxy groups -OCH3 is 1. The highest BCUT2D eigenvalue weighted by molar-refractivity contribution is 5.97. The van der Waals surface area contributed by atoms with Gasteiger partial charge >= 0.3 is 0 Å². The highest BCUT2D eigenvalue weighted by Gasteiger charge is 2.20. The molecular formula is C13H18N2O3. The topological polar surface area (TPSA) is 61.8 Å². The monoisotopic (exact) mass is 250 g/mol. The normalized spacial score (nSPS) is 16.2. The van der Waals surface area contributed by atoms with Crippen LogP contribution in [0.5, 0.6) is 11.5 Å². The molecule has 18 heavy (non-hydrogen) atoms. The van der Waals surface area contributed by atoms with E-state index in [-0.39, 0.29) is 11.7 Å². The summed E-state index contributed by atoms with van der Waals surface area (Å²) >= 11 is 0. The number of hydrogen-bond donors (Lipinski definition) is 2. The number of ether oxygens (including phenoxy) is 1. The number of carbonyl (C=O) groups excluding carboxylic acids is 1. The van der Waals surface area contributed by atoms with Gasteiger partial charge in [0.15, 0.2) is 0 Å². The van der Waals surface area contributed by atoms with Crippen LogP contribution >= 0.6 is 0 Å². The summed E-state index contributed by atoms with van der Waals surface area (Å²) in [6.45, 7) is 3.11. The number of rotatable bonds is 2. The number of phenolic OH excluding ortho intramolecular Hbond substituents is 1. The summed E-state index contributed by atoms with van der Waals surface area (Å²) in [4.78, 5) is 14.0. The molecule has 0 saturated carbocycles. The van der Waals surface area contributed by atoms with Crippen LogP contribution in [0, 0.1) is 0 Å². The zero-order chi connectivity index (χ0) is 13.0. The van der Waals surface area contributed by atoms with Gasteiger partial charge in [-0.1, -0.05) is 0 Å². The van der Waals surface area contributed by atoms with Crippen LogP contribution in [0.2, 0.25) is 0 Å². The Bertz CT molecular complexity index is 426. The van der Waals surface area contributed by atoms with Gasteiger partial charge < -0.3 is 20.1 Å². The molecule has 1 aliphatic heterocycles. The predicted molar refractivity (Wildman–Crippen MR) is 68.0 cm³/mol. The van der Waals surface area contributed by atoms with Crippen molar-refractivity contribution in [2.24, 2.45) is 0 Å². The van der Waals surface area contributed by atoms with Crippen molar-refractivity contribution in [3.8, 4) is 11.5 Å². The van der Waals surface area contributed by atoms with Gasteiger partial charge in [-0.2, -0.15) is 0 Å². The highest BCUT2D eigenvalue weighted by atomic mass is 16.5. The van der Waals surface area contributed by atoms with Gasteiger partial charge in [-0.25, -0.2) is 0 Å². The highest BCUT2D eigenvalue weighted by Crippen LogP contribution is 2.24. The molecule has 0 aromatic heterocycles. The zero-order valence-electron chi connectivity index (χ0n) is 10.5. The maximum atomic E-state index is 12.3. The molecular weight excluding hydrogens is 232 g/mol. The Hall–Kier alpha value is -1.75. The smallest absolute Gasteiger partial charge is 0.257 e. The molecule has 0 spiro atoms. The van der Waals surface area contributed by atoms with E-state index in [1.54, 1.807) is 17.0 Å². The summed E-state index contributed by atoms with van der Waals surface area (Å²) < 4.78 is 5.00. The summed E-state index contributed by atoms with van der Waals surface area (Å²) in [7, 11) is 1.52. The van der Waals surface area contributed by atoms with Crippen LogP contribution < -0.4 is 10.1 Å². The molecule has 1 aliphatic rings. The average molecular weight is 250 g/mol. The minimum absolute atomic E-state index is 0.0310. The SMILES string of the molecule is COc1ccc(C(=O)N2CCCNCC2)c(O)c1. The van der Waals surface area contributed by atoms with Crippen molar-refractivity contribution in [2.75, 3.05) is 33.3 Å². The van der Waals surface area contributed by atoms with E-state index in [0.717, 1.165) is 26.1 Å². The van der Waals surface area contributed by atoms with Gasteiger partial charge in [-0.05, 0) is 25.1 Å². The van der Waals surface area contributed by atoms with Crippen LogP contribution in [0.4, 0.5) is 0 Å². The van der Waals surface area contributed by atoms with Crippen molar-refractivity contribution in [1.82, 2.24) is 10.2 Å². The van der Waals surface area contributed by atoms with Crippen LogP contribution in [-0.4, -0.2) is 49.2 Å². The molecule has 0 unspecified atom stereocenters. The third-order valence-electron chi connectivity index (χ3n) is 3.06. The Kier molecular flexibility index (Phi) is 4.04. The van der Waals surface area contributed by atoms with Crippen molar-refractivity contribution in [3.05, 3.63) is 23.8 Å². The van der Waals surface area contributed by atoms with Gasteiger partial charge in [0.2, 0.25) is 0 Å². The first-order valence-electron chi connectivity index (χ1n) is 6.09. The van der Waals surface area contributed by atoms with Crippen molar-refractivity contribution in [1.29, 1.82) is 0 Å². The van der Waals surface area contributed by atoms with Gasteiger partial charge in [0.25, 0.3) is 5.91 Å². The molecule has 0 atom stereocenters. The number of phenols is 1. The number of nitrogens with zero attached hydrogens (tertiary/aromatic N) is 1. The fraction of sp³-hybridized carbons (Fsp3) is 0.462. The Morgan fingerprint density at radius 3 is 2.94 bits per heavy atom. The molecule has 1 amide bonds. The zero-order valence-corrected chi connectivity index (χ0v) is 10.5. The molecule has 1 heterocycles. The van der Waals surface area contributed by atoms with Crippen molar-refractivity contribution in [2.45, 2.75) is 6.42 Å². The standard InChI is InChI=1S/C13H18N2O3/c1-18-10-3-4-11(12(16)9-10)13(17)15-7-2-5-14-6-8-15/h3-4,9,14,16H,2,5-8H2,1H3. The maximum absolute atomic E-state index is 12.3. The summed E-state index contributed by atoms with van der Waals surface area (Å²) in [6.07, 6.45) is 0.933. The first-order chi connectivity index (χ1) is 8.72. The van der Waals surface area contributed by atoms with Crippen LogP contribution in [-0.2, 0) is 0 Å². The van der Waals surface area contributed by atoms with E-state index in [4.69, 9.17) is 4.74 Å². The first kappa shape index (κ1) is 12.7. The maximum Gasteiger partial charge on any atom is 0.257 e. The first-order valence-corrected chi connectivity index (χ1v) is 6.09. The number of benzene rings is 1. The van der Waals surface area contributed by atoms with Gasteiger partial charge in [0.1, 0.15) is 11.5 Å². The van der Waals surface area contributed by atoms with E-state index in [1.165, 1.54) is 13.2 Å². The Morgan fingerprint density at radius 1 is 1.39 bits per heavy atom. The van der Waals surface area contributed by atoms with E-state index in [2.05, 4.69) is 5.32 Å². The average Bonchev–Trinajstić information content (AvgIpc) is 2.66. The molecule has 5 nitrogen and oxygen atoms in total. The fourth-order valence-electron chi connectivity index (χ4n) is 2.04. The lowest BCUT2D eigenvalue weighted by molar-refractivity contribution is 0.0763. The van der Waals surface area contributed by atoms with Crippen molar-refractivity contribution < 1.29 is 14.6 Å². The lowest BCUT2D eigenvalue weighted by atomic mass is 10.1. The molecule has 1 saturated heterocycles. The van der Waals surface area contributed by atoms with Crippen LogP contribution in [0.25, 0.3) is 0 Å². The van der Waals surface area contributed by atoms with E-state index in [1.807, 2.05) is 0 Å². The molecule has 2 N–H and O–H groups in total. The van der Waals surface area contributed by atoms with Gasteiger partial charge in [-0.15, -0.1) is 0 Å². The molecule has 0 aliphatic carbocycles. The molecule has 2 rings (SSSR count). The van der Waals surface area contributed by atoms with Crippen molar-refractivity contribution in [3.63, 3.8) is 0 Å². The lowest BCUT2D eigenvalue weighted by Gasteiger charge is -2.20.